The number of rotatable bonds is 5. The van der Waals surface area contributed by atoms with Gasteiger partial charge in [0.15, 0.2) is 0 Å². The second-order valence-corrected chi connectivity index (χ2v) is 6.76. The lowest BCUT2D eigenvalue weighted by Gasteiger charge is -2.27. The molecule has 5 heteroatoms. The normalized spacial score (nSPS) is 12.5. The molecule has 1 aromatic heterocycles. The molecule has 0 aliphatic heterocycles. The zero-order valence-electron chi connectivity index (χ0n) is 13.0. The van der Waals surface area contributed by atoms with Crippen LogP contribution in [0.4, 0.5) is 4.39 Å². The van der Waals surface area contributed by atoms with Crippen LogP contribution in [-0.2, 0) is 11.3 Å². The summed E-state index contributed by atoms with van der Waals surface area (Å²) in [4.78, 5) is 15.8. The Morgan fingerprint density at radius 3 is 2.50 bits per heavy atom. The maximum atomic E-state index is 13.8. The zero-order valence-corrected chi connectivity index (χ0v) is 13.9. The van der Waals surface area contributed by atoms with Crippen LogP contribution >= 0.6 is 11.3 Å². The molecule has 0 saturated carbocycles. The van der Waals surface area contributed by atoms with Crippen LogP contribution in [0.5, 0.6) is 0 Å². The highest BCUT2D eigenvalue weighted by Crippen LogP contribution is 2.30. The first kappa shape index (κ1) is 16.6. The van der Waals surface area contributed by atoms with E-state index in [0.29, 0.717) is 12.1 Å². The highest BCUT2D eigenvalue weighted by Gasteiger charge is 2.21. The first-order valence-electron chi connectivity index (χ1n) is 7.30. The second kappa shape index (κ2) is 7.03. The lowest BCUT2D eigenvalue weighted by molar-refractivity contribution is -0.134. The lowest BCUT2D eigenvalue weighted by atomic mass is 10.2. The third-order valence-corrected chi connectivity index (χ3v) is 4.53. The quantitative estimate of drug-likeness (QED) is 0.914. The molecule has 22 heavy (non-hydrogen) atoms. The van der Waals surface area contributed by atoms with Crippen LogP contribution in [0, 0.1) is 5.82 Å². The Kier molecular flexibility index (Phi) is 5.32. The Labute approximate surface area is 134 Å². The molecule has 0 spiro atoms. The molecule has 0 aliphatic carbocycles. The van der Waals surface area contributed by atoms with Crippen LogP contribution in [0.1, 0.15) is 25.6 Å². The highest BCUT2D eigenvalue weighted by atomic mass is 32.1. The van der Waals surface area contributed by atoms with E-state index < -0.39 is 6.04 Å². The molecule has 1 amide bonds. The minimum absolute atomic E-state index is 0.0671. The molecule has 0 unspecified atom stereocenters. The van der Waals surface area contributed by atoms with Crippen LogP contribution in [0.2, 0.25) is 0 Å². The zero-order chi connectivity index (χ0) is 16.3. The van der Waals surface area contributed by atoms with Crippen LogP contribution < -0.4 is 5.73 Å². The summed E-state index contributed by atoms with van der Waals surface area (Å²) in [5, 5.41) is 0. The van der Waals surface area contributed by atoms with Crippen LogP contribution in [0.25, 0.3) is 10.4 Å². The molecule has 0 saturated heterocycles. The first-order chi connectivity index (χ1) is 10.4. The number of halogens is 1. The Morgan fingerprint density at radius 2 is 1.91 bits per heavy atom. The number of thiophene rings is 1. The molecule has 1 heterocycles. The fourth-order valence-corrected chi connectivity index (χ4v) is 3.25. The van der Waals surface area contributed by atoms with Gasteiger partial charge in [0.1, 0.15) is 5.82 Å². The van der Waals surface area contributed by atoms with Crippen molar-refractivity contribution >= 4 is 17.2 Å². The van der Waals surface area contributed by atoms with E-state index in [1.165, 1.54) is 17.4 Å². The van der Waals surface area contributed by atoms with Gasteiger partial charge in [-0.25, -0.2) is 4.39 Å². The van der Waals surface area contributed by atoms with E-state index >= 15 is 0 Å². The number of nitrogens with zero attached hydrogens (tertiary/aromatic N) is 1. The third-order valence-electron chi connectivity index (χ3n) is 3.42. The number of hydrogen-bond acceptors (Lipinski definition) is 3. The van der Waals surface area contributed by atoms with Gasteiger partial charge in [0.25, 0.3) is 0 Å². The molecule has 0 radical (unpaired) electrons. The summed E-state index contributed by atoms with van der Waals surface area (Å²) < 4.78 is 13.8. The maximum absolute atomic E-state index is 13.8. The Hall–Kier alpha value is -1.72. The van der Waals surface area contributed by atoms with E-state index in [-0.39, 0.29) is 17.8 Å². The maximum Gasteiger partial charge on any atom is 0.239 e. The van der Waals surface area contributed by atoms with Crippen LogP contribution in [0.3, 0.4) is 0 Å². The summed E-state index contributed by atoms with van der Waals surface area (Å²) in [6.45, 7) is 6.12. The summed E-state index contributed by atoms with van der Waals surface area (Å²) in [5.41, 5.74) is 6.30. The minimum Gasteiger partial charge on any atom is -0.334 e. The van der Waals surface area contributed by atoms with E-state index in [0.717, 1.165) is 9.75 Å². The smallest absolute Gasteiger partial charge is 0.239 e. The fourth-order valence-electron chi connectivity index (χ4n) is 2.21. The number of benzene rings is 1. The molecule has 118 valence electrons. The van der Waals surface area contributed by atoms with Crippen molar-refractivity contribution in [1.82, 2.24) is 4.90 Å². The van der Waals surface area contributed by atoms with E-state index in [4.69, 9.17) is 5.73 Å². The Bertz CT molecular complexity index is 652. The topological polar surface area (TPSA) is 46.3 Å². The average Bonchev–Trinajstić information content (AvgIpc) is 2.92. The fraction of sp³-hybridized carbons (Fsp3) is 0.353. The summed E-state index contributed by atoms with van der Waals surface area (Å²) >= 11 is 1.50. The Morgan fingerprint density at radius 1 is 1.23 bits per heavy atom. The van der Waals surface area contributed by atoms with Crippen molar-refractivity contribution in [2.75, 3.05) is 0 Å². The second-order valence-electron chi connectivity index (χ2n) is 5.59. The Balaban J connectivity index is 2.21. The van der Waals surface area contributed by atoms with E-state index in [1.54, 1.807) is 24.0 Å². The number of carbonyl (C=O) groups excluding carboxylic acids is 1. The summed E-state index contributed by atoms with van der Waals surface area (Å²) in [6.07, 6.45) is 0. The molecule has 2 aromatic rings. The molecular formula is C17H21FN2OS. The van der Waals surface area contributed by atoms with Crippen LogP contribution in [-0.4, -0.2) is 22.9 Å². The van der Waals surface area contributed by atoms with E-state index in [1.807, 2.05) is 32.0 Å². The molecule has 2 N–H and O–H groups in total. The van der Waals surface area contributed by atoms with E-state index in [9.17, 15) is 9.18 Å². The van der Waals surface area contributed by atoms with Gasteiger partial charge in [-0.05, 0) is 39.0 Å². The lowest BCUT2D eigenvalue weighted by Crippen LogP contribution is -2.44. The monoisotopic (exact) mass is 320 g/mol. The molecular weight excluding hydrogens is 299 g/mol. The summed E-state index contributed by atoms with van der Waals surface area (Å²) in [6, 6.07) is 10.1. The standard InChI is InChI=1S/C17H21FN2OS/c1-11(2)20(17(21)12(3)19)10-13-8-9-16(22-13)14-6-4-5-7-15(14)18/h4-9,11-12H,10,19H2,1-3H3/t12-/m0/s1. The van der Waals surface area contributed by atoms with Crippen LogP contribution in [0.15, 0.2) is 36.4 Å². The largest absolute Gasteiger partial charge is 0.334 e. The van der Waals surface area contributed by atoms with Crippen molar-refractivity contribution in [3.05, 3.63) is 47.1 Å². The average molecular weight is 320 g/mol. The van der Waals surface area contributed by atoms with Gasteiger partial charge in [-0.1, -0.05) is 18.2 Å². The summed E-state index contributed by atoms with van der Waals surface area (Å²) in [7, 11) is 0. The van der Waals surface area contributed by atoms with Gasteiger partial charge in [-0.2, -0.15) is 0 Å². The SMILES string of the molecule is CC(C)N(Cc1ccc(-c2ccccc2F)s1)C(=O)[C@H](C)N. The van der Waals surface area contributed by atoms with Gasteiger partial charge < -0.3 is 10.6 Å². The number of carbonyl (C=O) groups is 1. The number of amides is 1. The van der Waals surface area contributed by atoms with Gasteiger partial charge >= 0.3 is 0 Å². The van der Waals surface area contributed by atoms with Crippen molar-refractivity contribution in [2.24, 2.45) is 5.73 Å². The van der Waals surface area contributed by atoms with Crippen molar-refractivity contribution < 1.29 is 9.18 Å². The van der Waals surface area contributed by atoms with Gasteiger partial charge in [0, 0.05) is 21.4 Å². The van der Waals surface area contributed by atoms with Gasteiger partial charge in [-0.3, -0.25) is 4.79 Å². The van der Waals surface area contributed by atoms with Crippen molar-refractivity contribution in [3.8, 4) is 10.4 Å². The summed E-state index contributed by atoms with van der Waals surface area (Å²) in [5.74, 6) is -0.306. The first-order valence-corrected chi connectivity index (χ1v) is 8.11. The van der Waals surface area contributed by atoms with Gasteiger partial charge in [0.05, 0.1) is 12.6 Å². The minimum atomic E-state index is -0.520. The van der Waals surface area contributed by atoms with Gasteiger partial charge in [-0.15, -0.1) is 11.3 Å². The number of nitrogens with two attached hydrogens (primary N) is 1. The molecule has 0 bridgehead atoms. The molecule has 3 nitrogen and oxygen atoms in total. The number of hydrogen-bond donors (Lipinski definition) is 1. The predicted molar refractivity (Wildman–Crippen MR) is 89.0 cm³/mol. The molecule has 1 aromatic carbocycles. The van der Waals surface area contributed by atoms with Crippen molar-refractivity contribution in [2.45, 2.75) is 39.4 Å². The highest BCUT2D eigenvalue weighted by molar-refractivity contribution is 7.15. The predicted octanol–water partition coefficient (Wildman–Crippen LogP) is 3.64. The van der Waals surface area contributed by atoms with Gasteiger partial charge in [0.2, 0.25) is 5.91 Å². The molecule has 1 atom stereocenters. The van der Waals surface area contributed by atoms with E-state index in [2.05, 4.69) is 0 Å². The molecule has 0 fully saturated rings. The van der Waals surface area contributed by atoms with Crippen molar-refractivity contribution in [1.29, 1.82) is 0 Å². The van der Waals surface area contributed by atoms with Crippen molar-refractivity contribution in [3.63, 3.8) is 0 Å². The molecule has 0 aliphatic rings. The molecule has 2 rings (SSSR count). The third kappa shape index (κ3) is 3.72.